The van der Waals surface area contributed by atoms with Crippen LogP contribution in [0, 0.1) is 13.8 Å². The van der Waals surface area contributed by atoms with Gasteiger partial charge in [0.15, 0.2) is 9.84 Å². The number of benzene rings is 1. The Labute approximate surface area is 128 Å². The van der Waals surface area contributed by atoms with Crippen molar-refractivity contribution < 1.29 is 13.2 Å². The Morgan fingerprint density at radius 3 is 2.14 bits per heavy atom. The van der Waals surface area contributed by atoms with Crippen molar-refractivity contribution in [1.29, 1.82) is 0 Å². The van der Waals surface area contributed by atoms with Gasteiger partial charge < -0.3 is 10.1 Å². The summed E-state index contributed by atoms with van der Waals surface area (Å²) in [6, 6.07) is 3.82. The van der Waals surface area contributed by atoms with Crippen LogP contribution in [0.2, 0.25) is 0 Å². The van der Waals surface area contributed by atoms with Crippen molar-refractivity contribution in [2.45, 2.75) is 45.4 Å². The standard InChI is InChI=1S/C16H27NO3S/c1-7-8-17-15(13(4)21(6,18)19)14-9-11(2)16(20-5)12(3)10-14/h9-10,13,15,17H,7-8H2,1-6H3. The Hall–Kier alpha value is -1.07. The van der Waals surface area contributed by atoms with E-state index in [9.17, 15) is 8.42 Å². The zero-order valence-corrected chi connectivity index (χ0v) is 14.7. The summed E-state index contributed by atoms with van der Waals surface area (Å²) < 4.78 is 29.3. The smallest absolute Gasteiger partial charge is 0.151 e. The fourth-order valence-corrected chi connectivity index (χ4v) is 3.33. The molecule has 1 aromatic rings. The number of hydrogen-bond donors (Lipinski definition) is 1. The van der Waals surface area contributed by atoms with E-state index in [0.717, 1.165) is 35.4 Å². The number of rotatable bonds is 7. The topological polar surface area (TPSA) is 55.4 Å². The summed E-state index contributed by atoms with van der Waals surface area (Å²) in [7, 11) is -1.46. The molecule has 0 bridgehead atoms. The molecule has 0 aliphatic heterocycles. The van der Waals surface area contributed by atoms with Gasteiger partial charge in [-0.3, -0.25) is 0 Å². The summed E-state index contributed by atoms with van der Waals surface area (Å²) in [6.07, 6.45) is 2.25. The Kier molecular flexibility index (Phi) is 6.23. The minimum Gasteiger partial charge on any atom is -0.496 e. The van der Waals surface area contributed by atoms with Gasteiger partial charge in [0.05, 0.1) is 12.4 Å². The lowest BCUT2D eigenvalue weighted by Crippen LogP contribution is -2.35. The molecule has 1 rings (SSSR count). The van der Waals surface area contributed by atoms with Crippen LogP contribution in [0.1, 0.15) is 43.0 Å². The molecule has 1 N–H and O–H groups in total. The molecule has 4 nitrogen and oxygen atoms in total. The maximum Gasteiger partial charge on any atom is 0.151 e. The second-order valence-electron chi connectivity index (χ2n) is 5.65. The number of ether oxygens (including phenoxy) is 1. The molecule has 0 aliphatic carbocycles. The monoisotopic (exact) mass is 313 g/mol. The molecule has 0 heterocycles. The maximum atomic E-state index is 11.9. The predicted molar refractivity (Wildman–Crippen MR) is 87.8 cm³/mol. The first-order valence-electron chi connectivity index (χ1n) is 7.29. The van der Waals surface area contributed by atoms with Gasteiger partial charge in [0, 0.05) is 12.3 Å². The summed E-state index contributed by atoms with van der Waals surface area (Å²) in [5.41, 5.74) is 3.05. The van der Waals surface area contributed by atoms with E-state index in [2.05, 4.69) is 12.2 Å². The summed E-state index contributed by atoms with van der Waals surface area (Å²) in [5, 5.41) is 2.89. The molecule has 21 heavy (non-hydrogen) atoms. The van der Waals surface area contributed by atoms with E-state index in [4.69, 9.17) is 4.74 Å². The molecule has 2 atom stereocenters. The average Bonchev–Trinajstić information content (AvgIpc) is 2.37. The quantitative estimate of drug-likeness (QED) is 0.841. The molecule has 0 amide bonds. The van der Waals surface area contributed by atoms with Gasteiger partial charge in [0.1, 0.15) is 5.75 Å². The Balaban J connectivity index is 3.26. The first-order valence-corrected chi connectivity index (χ1v) is 9.25. The Morgan fingerprint density at radius 2 is 1.76 bits per heavy atom. The second kappa shape index (κ2) is 7.27. The van der Waals surface area contributed by atoms with Gasteiger partial charge in [-0.25, -0.2) is 8.42 Å². The van der Waals surface area contributed by atoms with Crippen molar-refractivity contribution in [3.63, 3.8) is 0 Å². The highest BCUT2D eigenvalue weighted by molar-refractivity contribution is 7.91. The van der Waals surface area contributed by atoms with Crippen molar-refractivity contribution in [2.75, 3.05) is 19.9 Å². The predicted octanol–water partition coefficient (Wildman–Crippen LogP) is 2.79. The molecule has 0 spiro atoms. The largest absolute Gasteiger partial charge is 0.496 e. The van der Waals surface area contributed by atoms with Crippen LogP contribution in [0.4, 0.5) is 0 Å². The van der Waals surface area contributed by atoms with Gasteiger partial charge in [-0.2, -0.15) is 0 Å². The van der Waals surface area contributed by atoms with Crippen LogP contribution in [0.25, 0.3) is 0 Å². The third kappa shape index (κ3) is 4.45. The molecule has 0 saturated carbocycles. The van der Waals surface area contributed by atoms with Gasteiger partial charge >= 0.3 is 0 Å². The number of sulfone groups is 1. The third-order valence-electron chi connectivity index (χ3n) is 3.80. The molecule has 0 aromatic heterocycles. The summed E-state index contributed by atoms with van der Waals surface area (Å²) in [4.78, 5) is 0. The van der Waals surface area contributed by atoms with Crippen LogP contribution < -0.4 is 10.1 Å². The zero-order chi connectivity index (χ0) is 16.2. The summed E-state index contributed by atoms with van der Waals surface area (Å²) in [5.74, 6) is 0.861. The summed E-state index contributed by atoms with van der Waals surface area (Å²) in [6.45, 7) is 8.58. The van der Waals surface area contributed by atoms with Crippen molar-refractivity contribution in [1.82, 2.24) is 5.32 Å². The minimum absolute atomic E-state index is 0.205. The van der Waals surface area contributed by atoms with Gasteiger partial charge in [-0.05, 0) is 50.4 Å². The third-order valence-corrected chi connectivity index (χ3v) is 5.43. The van der Waals surface area contributed by atoms with E-state index in [-0.39, 0.29) is 6.04 Å². The first kappa shape index (κ1) is 18.0. The van der Waals surface area contributed by atoms with Crippen molar-refractivity contribution >= 4 is 9.84 Å². The van der Waals surface area contributed by atoms with Crippen LogP contribution in [-0.2, 0) is 9.84 Å². The van der Waals surface area contributed by atoms with Crippen molar-refractivity contribution in [3.05, 3.63) is 28.8 Å². The fraction of sp³-hybridized carbons (Fsp3) is 0.625. The average molecular weight is 313 g/mol. The molecular formula is C16H27NO3S. The fourth-order valence-electron chi connectivity index (χ4n) is 2.59. The number of methoxy groups -OCH3 is 1. The van der Waals surface area contributed by atoms with Crippen LogP contribution in [0.3, 0.4) is 0 Å². The molecule has 120 valence electrons. The lowest BCUT2D eigenvalue weighted by molar-refractivity contribution is 0.407. The minimum atomic E-state index is -3.12. The molecular weight excluding hydrogens is 286 g/mol. The zero-order valence-electron chi connectivity index (χ0n) is 13.9. The second-order valence-corrected chi connectivity index (χ2v) is 8.06. The highest BCUT2D eigenvalue weighted by Gasteiger charge is 2.27. The molecule has 0 aliphatic rings. The van der Waals surface area contributed by atoms with Gasteiger partial charge in [0.25, 0.3) is 0 Å². The first-order chi connectivity index (χ1) is 9.72. The molecule has 5 heteroatoms. The van der Waals surface area contributed by atoms with Crippen molar-refractivity contribution in [3.8, 4) is 5.75 Å². The number of aryl methyl sites for hydroxylation is 2. The highest BCUT2D eigenvalue weighted by atomic mass is 32.2. The van der Waals surface area contributed by atoms with E-state index < -0.39 is 15.1 Å². The molecule has 0 radical (unpaired) electrons. The Bertz CT molecular complexity index is 558. The van der Waals surface area contributed by atoms with Gasteiger partial charge in [-0.15, -0.1) is 0 Å². The van der Waals surface area contributed by atoms with Crippen LogP contribution >= 0.6 is 0 Å². The Morgan fingerprint density at radius 1 is 1.24 bits per heavy atom. The van der Waals surface area contributed by atoms with E-state index in [1.807, 2.05) is 26.0 Å². The molecule has 1 aromatic carbocycles. The van der Waals surface area contributed by atoms with Crippen LogP contribution in [0.15, 0.2) is 12.1 Å². The van der Waals surface area contributed by atoms with Gasteiger partial charge in [-0.1, -0.05) is 19.1 Å². The lowest BCUT2D eigenvalue weighted by Gasteiger charge is -2.26. The van der Waals surface area contributed by atoms with E-state index in [1.54, 1.807) is 14.0 Å². The van der Waals surface area contributed by atoms with E-state index in [1.165, 1.54) is 6.26 Å². The molecule has 0 fully saturated rings. The normalized spacial score (nSPS) is 14.8. The van der Waals surface area contributed by atoms with Crippen LogP contribution in [-0.4, -0.2) is 33.6 Å². The van der Waals surface area contributed by atoms with Crippen LogP contribution in [0.5, 0.6) is 5.75 Å². The lowest BCUT2D eigenvalue weighted by atomic mass is 9.98. The molecule has 2 unspecified atom stereocenters. The van der Waals surface area contributed by atoms with E-state index in [0.29, 0.717) is 0 Å². The van der Waals surface area contributed by atoms with Gasteiger partial charge in [0.2, 0.25) is 0 Å². The number of hydrogen-bond acceptors (Lipinski definition) is 4. The highest BCUT2D eigenvalue weighted by Crippen LogP contribution is 2.30. The van der Waals surface area contributed by atoms with Crippen molar-refractivity contribution in [2.24, 2.45) is 0 Å². The summed E-state index contributed by atoms with van der Waals surface area (Å²) >= 11 is 0. The molecule has 0 saturated heterocycles. The van der Waals surface area contributed by atoms with E-state index >= 15 is 0 Å². The number of nitrogens with one attached hydrogen (secondary N) is 1. The SMILES string of the molecule is CCCNC(c1cc(C)c(OC)c(C)c1)C(C)S(C)(=O)=O. The maximum absolute atomic E-state index is 11.9.